The Hall–Kier alpha value is -1.10. The second-order valence-electron chi connectivity index (χ2n) is 5.17. The molecule has 2 aliphatic rings. The van der Waals surface area contributed by atoms with E-state index < -0.39 is 5.97 Å². The van der Waals surface area contributed by atoms with Gasteiger partial charge >= 0.3 is 5.97 Å². The van der Waals surface area contributed by atoms with Crippen LogP contribution in [0.15, 0.2) is 0 Å². The topological polar surface area (TPSA) is 60.9 Å². The molecule has 0 saturated carbocycles. The first-order valence-corrected chi connectivity index (χ1v) is 6.28. The normalized spacial score (nSPS) is 30.9. The average molecular weight is 240 g/mol. The number of carbonyl (C=O) groups is 2. The van der Waals surface area contributed by atoms with Gasteiger partial charge in [0.15, 0.2) is 0 Å². The highest BCUT2D eigenvalue weighted by Crippen LogP contribution is 2.26. The first kappa shape index (κ1) is 12.4. The number of nitrogens with zero attached hydrogens (tertiary/aromatic N) is 2. The second-order valence-corrected chi connectivity index (χ2v) is 5.17. The van der Waals surface area contributed by atoms with E-state index in [4.69, 9.17) is 5.11 Å². The summed E-state index contributed by atoms with van der Waals surface area (Å²) in [7, 11) is 2.07. The van der Waals surface area contributed by atoms with Gasteiger partial charge in [-0.25, -0.2) is 0 Å². The largest absolute Gasteiger partial charge is 0.481 e. The zero-order valence-electron chi connectivity index (χ0n) is 10.3. The number of carboxylic acids is 1. The maximum Gasteiger partial charge on any atom is 0.304 e. The van der Waals surface area contributed by atoms with Gasteiger partial charge in [0.05, 0.1) is 12.3 Å². The van der Waals surface area contributed by atoms with Crippen molar-refractivity contribution in [1.29, 1.82) is 0 Å². The Morgan fingerprint density at radius 3 is 2.82 bits per heavy atom. The lowest BCUT2D eigenvalue weighted by Gasteiger charge is -2.35. The Kier molecular flexibility index (Phi) is 3.66. The summed E-state index contributed by atoms with van der Waals surface area (Å²) >= 11 is 0. The van der Waals surface area contributed by atoms with Crippen LogP contribution >= 0.6 is 0 Å². The van der Waals surface area contributed by atoms with Crippen molar-refractivity contribution in [3.8, 4) is 0 Å². The Morgan fingerprint density at radius 1 is 1.41 bits per heavy atom. The number of likely N-dealkylation sites (tertiary alicyclic amines) is 2. The molecule has 2 saturated heterocycles. The van der Waals surface area contributed by atoms with Crippen LogP contribution in [-0.2, 0) is 9.59 Å². The summed E-state index contributed by atoms with van der Waals surface area (Å²) in [6.07, 6.45) is 2.85. The van der Waals surface area contributed by atoms with Crippen LogP contribution in [-0.4, -0.2) is 59.5 Å². The van der Waals surface area contributed by atoms with E-state index in [2.05, 4.69) is 11.9 Å². The molecule has 0 aliphatic carbocycles. The van der Waals surface area contributed by atoms with Crippen molar-refractivity contribution in [2.45, 2.75) is 31.7 Å². The predicted octanol–water partition coefficient (Wildman–Crippen LogP) is 0.404. The van der Waals surface area contributed by atoms with Crippen LogP contribution in [0, 0.1) is 5.92 Å². The van der Waals surface area contributed by atoms with Crippen LogP contribution in [0.5, 0.6) is 0 Å². The molecule has 1 amide bonds. The van der Waals surface area contributed by atoms with Crippen LogP contribution in [0.25, 0.3) is 0 Å². The monoisotopic (exact) mass is 240 g/mol. The van der Waals surface area contributed by atoms with Gasteiger partial charge in [0.25, 0.3) is 0 Å². The number of amides is 1. The highest BCUT2D eigenvalue weighted by Gasteiger charge is 2.37. The summed E-state index contributed by atoms with van der Waals surface area (Å²) in [5, 5.41) is 8.75. The molecular weight excluding hydrogens is 220 g/mol. The zero-order valence-corrected chi connectivity index (χ0v) is 10.3. The first-order chi connectivity index (χ1) is 8.08. The van der Waals surface area contributed by atoms with E-state index in [9.17, 15) is 9.59 Å². The Morgan fingerprint density at radius 2 is 2.18 bits per heavy atom. The van der Waals surface area contributed by atoms with Crippen molar-refractivity contribution in [3.05, 3.63) is 0 Å². The third-order valence-corrected chi connectivity index (χ3v) is 3.81. The molecule has 0 aromatic carbocycles. The molecule has 2 heterocycles. The van der Waals surface area contributed by atoms with E-state index in [1.165, 1.54) is 0 Å². The van der Waals surface area contributed by atoms with Crippen LogP contribution in [0.3, 0.4) is 0 Å². The van der Waals surface area contributed by atoms with Crippen LogP contribution in [0.1, 0.15) is 25.7 Å². The summed E-state index contributed by atoms with van der Waals surface area (Å²) in [6, 6.07) is 0.292. The number of likely N-dealkylation sites (N-methyl/N-ethyl adjacent to an activating group) is 1. The van der Waals surface area contributed by atoms with Gasteiger partial charge in [0.1, 0.15) is 0 Å². The minimum absolute atomic E-state index is 0.0160. The van der Waals surface area contributed by atoms with Gasteiger partial charge in [-0.1, -0.05) is 0 Å². The number of carboxylic acid groups (broad SMARTS) is 1. The average Bonchev–Trinajstić information content (AvgIpc) is 2.60. The molecule has 5 nitrogen and oxygen atoms in total. The number of aliphatic carboxylic acids is 1. The zero-order chi connectivity index (χ0) is 12.4. The Labute approximate surface area is 101 Å². The van der Waals surface area contributed by atoms with Crippen molar-refractivity contribution in [2.24, 2.45) is 5.92 Å². The fraction of sp³-hybridized carbons (Fsp3) is 0.833. The van der Waals surface area contributed by atoms with E-state index in [-0.39, 0.29) is 18.2 Å². The molecule has 0 radical (unpaired) electrons. The molecule has 0 bridgehead atoms. The fourth-order valence-corrected chi connectivity index (χ4v) is 2.92. The van der Waals surface area contributed by atoms with E-state index in [1.54, 1.807) is 0 Å². The van der Waals surface area contributed by atoms with Crippen LogP contribution in [0.4, 0.5) is 0 Å². The molecule has 17 heavy (non-hydrogen) atoms. The summed E-state index contributed by atoms with van der Waals surface area (Å²) in [6.45, 7) is 2.75. The molecule has 0 spiro atoms. The number of hydrogen-bond donors (Lipinski definition) is 1. The van der Waals surface area contributed by atoms with Gasteiger partial charge in [-0.15, -0.1) is 0 Å². The fourth-order valence-electron chi connectivity index (χ4n) is 2.92. The number of rotatable bonds is 3. The van der Waals surface area contributed by atoms with E-state index >= 15 is 0 Å². The van der Waals surface area contributed by atoms with Crippen molar-refractivity contribution >= 4 is 11.9 Å². The number of piperidine rings is 1. The number of carbonyl (C=O) groups excluding carboxylic acids is 1. The molecular formula is C12H20N2O3. The standard InChI is InChI=1S/C12H20N2O3/c1-13-5-2-3-10(8-13)14-6-4-9(12(14)17)7-11(15)16/h9-10H,2-8H2,1H3,(H,15,16). The van der Waals surface area contributed by atoms with E-state index in [0.717, 1.165) is 32.5 Å². The molecule has 0 aromatic heterocycles. The molecule has 5 heteroatoms. The van der Waals surface area contributed by atoms with E-state index in [0.29, 0.717) is 12.5 Å². The number of hydrogen-bond acceptors (Lipinski definition) is 3. The van der Waals surface area contributed by atoms with Crippen molar-refractivity contribution in [2.75, 3.05) is 26.7 Å². The summed E-state index contributed by atoms with van der Waals surface area (Å²) in [5.74, 6) is -1.11. The van der Waals surface area contributed by atoms with Gasteiger partial charge in [-0.05, 0) is 32.9 Å². The lowest BCUT2D eigenvalue weighted by molar-refractivity contribution is -0.142. The minimum atomic E-state index is -0.869. The molecule has 1 N–H and O–H groups in total. The Balaban J connectivity index is 1.94. The summed E-state index contributed by atoms with van der Waals surface area (Å²) in [5.41, 5.74) is 0. The molecule has 2 fully saturated rings. The van der Waals surface area contributed by atoms with Crippen LogP contribution in [0.2, 0.25) is 0 Å². The Bertz CT molecular complexity index is 319. The third kappa shape index (κ3) is 2.77. The quantitative estimate of drug-likeness (QED) is 0.776. The van der Waals surface area contributed by atoms with Crippen molar-refractivity contribution in [1.82, 2.24) is 9.80 Å². The first-order valence-electron chi connectivity index (χ1n) is 6.28. The van der Waals surface area contributed by atoms with E-state index in [1.807, 2.05) is 4.90 Å². The van der Waals surface area contributed by atoms with Crippen LogP contribution < -0.4 is 0 Å². The molecule has 96 valence electrons. The molecule has 2 unspecified atom stereocenters. The maximum absolute atomic E-state index is 12.1. The highest BCUT2D eigenvalue weighted by molar-refractivity contribution is 5.85. The molecule has 2 atom stereocenters. The third-order valence-electron chi connectivity index (χ3n) is 3.81. The molecule has 0 aromatic rings. The van der Waals surface area contributed by atoms with Gasteiger partial charge in [0.2, 0.25) is 5.91 Å². The SMILES string of the molecule is CN1CCCC(N2CCC(CC(=O)O)C2=O)C1. The predicted molar refractivity (Wildman–Crippen MR) is 62.6 cm³/mol. The smallest absolute Gasteiger partial charge is 0.304 e. The summed E-state index contributed by atoms with van der Waals surface area (Å²) < 4.78 is 0. The molecule has 2 rings (SSSR count). The van der Waals surface area contributed by atoms with Gasteiger partial charge in [-0.2, -0.15) is 0 Å². The lowest BCUT2D eigenvalue weighted by Crippen LogP contribution is -2.47. The van der Waals surface area contributed by atoms with Crippen molar-refractivity contribution in [3.63, 3.8) is 0 Å². The summed E-state index contributed by atoms with van der Waals surface area (Å²) in [4.78, 5) is 26.9. The lowest BCUT2D eigenvalue weighted by atomic mass is 10.0. The van der Waals surface area contributed by atoms with Gasteiger partial charge in [-0.3, -0.25) is 9.59 Å². The van der Waals surface area contributed by atoms with Gasteiger partial charge < -0.3 is 14.9 Å². The second kappa shape index (κ2) is 5.04. The van der Waals surface area contributed by atoms with Crippen molar-refractivity contribution < 1.29 is 14.7 Å². The molecule has 2 aliphatic heterocycles. The van der Waals surface area contributed by atoms with Gasteiger partial charge in [0, 0.05) is 19.1 Å². The highest BCUT2D eigenvalue weighted by atomic mass is 16.4. The minimum Gasteiger partial charge on any atom is -0.481 e. The maximum atomic E-state index is 12.1.